The largest absolute Gasteiger partial charge is 0.493 e. The lowest BCUT2D eigenvalue weighted by Gasteiger charge is -2.13. The summed E-state index contributed by atoms with van der Waals surface area (Å²) in [7, 11) is 1.57. The molecule has 0 unspecified atom stereocenters. The first-order chi connectivity index (χ1) is 11.1. The summed E-state index contributed by atoms with van der Waals surface area (Å²) >= 11 is 5.97. The van der Waals surface area contributed by atoms with Crippen LogP contribution < -0.4 is 20.9 Å². The van der Waals surface area contributed by atoms with Crippen LogP contribution in [0, 0.1) is 0 Å². The molecule has 0 aromatic heterocycles. The molecule has 23 heavy (non-hydrogen) atoms. The molecule has 4 N–H and O–H groups in total. The van der Waals surface area contributed by atoms with Gasteiger partial charge in [0.2, 0.25) is 5.96 Å². The van der Waals surface area contributed by atoms with E-state index in [-0.39, 0.29) is 5.96 Å². The number of hydrogen-bond donors (Lipinski definition) is 2. The fourth-order valence-electron chi connectivity index (χ4n) is 1.89. The maximum absolute atomic E-state index is 5.97. The summed E-state index contributed by atoms with van der Waals surface area (Å²) in [6.07, 6.45) is 1.50. The molecule has 0 heterocycles. The first kappa shape index (κ1) is 16.6. The summed E-state index contributed by atoms with van der Waals surface area (Å²) < 4.78 is 11.2. The van der Waals surface area contributed by atoms with E-state index in [0.29, 0.717) is 28.7 Å². The van der Waals surface area contributed by atoms with Crippen LogP contribution in [-0.4, -0.2) is 19.3 Å². The Morgan fingerprint density at radius 2 is 2.00 bits per heavy atom. The van der Waals surface area contributed by atoms with Crippen LogP contribution in [0.25, 0.3) is 0 Å². The number of methoxy groups -OCH3 is 1. The van der Waals surface area contributed by atoms with E-state index in [1.54, 1.807) is 13.2 Å². The SMILES string of the molecule is COc1cccc(C=NN=C(N)N)c1OCc1cccc(Cl)c1. The minimum atomic E-state index is -0.120. The summed E-state index contributed by atoms with van der Waals surface area (Å²) in [4.78, 5) is 0. The minimum Gasteiger partial charge on any atom is -0.493 e. The van der Waals surface area contributed by atoms with Crippen LogP contribution in [0.15, 0.2) is 52.7 Å². The lowest BCUT2D eigenvalue weighted by molar-refractivity contribution is 0.284. The molecule has 2 aromatic rings. The van der Waals surface area contributed by atoms with Gasteiger partial charge in [0.1, 0.15) is 6.61 Å². The van der Waals surface area contributed by atoms with Crippen molar-refractivity contribution in [2.75, 3.05) is 7.11 Å². The molecule has 0 aliphatic carbocycles. The number of ether oxygens (including phenoxy) is 2. The summed E-state index contributed by atoms with van der Waals surface area (Å²) in [5.74, 6) is 1.01. The lowest BCUT2D eigenvalue weighted by atomic mass is 10.2. The lowest BCUT2D eigenvalue weighted by Crippen LogP contribution is -2.21. The van der Waals surface area contributed by atoms with Crippen LogP contribution >= 0.6 is 11.6 Å². The number of para-hydroxylation sites is 1. The van der Waals surface area contributed by atoms with Crippen LogP contribution in [0.2, 0.25) is 5.02 Å². The molecule has 0 aliphatic heterocycles. The molecular weight excluding hydrogens is 316 g/mol. The molecular formula is C16H17ClN4O2. The Morgan fingerprint density at radius 1 is 1.22 bits per heavy atom. The number of guanidine groups is 1. The second kappa shape index (κ2) is 8.05. The molecule has 0 fully saturated rings. The van der Waals surface area contributed by atoms with Crippen LogP contribution in [-0.2, 0) is 6.61 Å². The summed E-state index contributed by atoms with van der Waals surface area (Å²) in [5.41, 5.74) is 12.1. The van der Waals surface area contributed by atoms with Gasteiger partial charge in [0.15, 0.2) is 11.5 Å². The molecule has 2 aromatic carbocycles. The summed E-state index contributed by atoms with van der Waals surface area (Å²) in [6.45, 7) is 0.337. The monoisotopic (exact) mass is 332 g/mol. The van der Waals surface area contributed by atoms with Gasteiger partial charge < -0.3 is 20.9 Å². The van der Waals surface area contributed by atoms with E-state index in [9.17, 15) is 0 Å². The molecule has 0 spiro atoms. The van der Waals surface area contributed by atoms with Crippen molar-refractivity contribution in [2.45, 2.75) is 6.61 Å². The molecule has 0 atom stereocenters. The zero-order chi connectivity index (χ0) is 16.7. The fraction of sp³-hybridized carbons (Fsp3) is 0.125. The Balaban J connectivity index is 2.24. The Hall–Kier alpha value is -2.73. The number of nitrogens with zero attached hydrogens (tertiary/aromatic N) is 2. The van der Waals surface area contributed by atoms with Gasteiger partial charge in [-0.1, -0.05) is 29.8 Å². The molecule has 7 heteroatoms. The molecule has 0 radical (unpaired) electrons. The van der Waals surface area contributed by atoms with Gasteiger partial charge in [0.25, 0.3) is 0 Å². The van der Waals surface area contributed by atoms with Crippen molar-refractivity contribution in [3.05, 3.63) is 58.6 Å². The number of halogens is 1. The number of benzene rings is 2. The maximum Gasteiger partial charge on any atom is 0.211 e. The molecule has 0 saturated heterocycles. The van der Waals surface area contributed by atoms with Gasteiger partial charge in [-0.15, -0.1) is 5.10 Å². The number of rotatable bonds is 6. The third kappa shape index (κ3) is 4.89. The highest BCUT2D eigenvalue weighted by atomic mass is 35.5. The standard InChI is InChI=1S/C16H17ClN4O2/c1-22-14-7-3-5-12(9-20-21-16(18)19)15(14)23-10-11-4-2-6-13(17)8-11/h2-9H,10H2,1H3,(H4,18,19,21). The van der Waals surface area contributed by atoms with Crippen molar-refractivity contribution in [3.8, 4) is 11.5 Å². The van der Waals surface area contributed by atoms with E-state index in [2.05, 4.69) is 10.2 Å². The highest BCUT2D eigenvalue weighted by Gasteiger charge is 2.09. The van der Waals surface area contributed by atoms with Gasteiger partial charge in [0.05, 0.1) is 13.3 Å². The smallest absolute Gasteiger partial charge is 0.211 e. The second-order valence-corrected chi connectivity index (χ2v) is 5.00. The predicted octanol–water partition coefficient (Wildman–Crippen LogP) is 2.53. The minimum absolute atomic E-state index is 0.120. The van der Waals surface area contributed by atoms with E-state index in [1.165, 1.54) is 6.21 Å². The number of nitrogens with two attached hydrogens (primary N) is 2. The van der Waals surface area contributed by atoms with Crippen LogP contribution in [0.3, 0.4) is 0 Å². The van der Waals surface area contributed by atoms with Gasteiger partial charge in [0, 0.05) is 10.6 Å². The average molecular weight is 333 g/mol. The third-order valence-corrected chi connectivity index (χ3v) is 3.11. The quantitative estimate of drug-likeness (QED) is 0.482. The highest BCUT2D eigenvalue weighted by Crippen LogP contribution is 2.31. The third-order valence-electron chi connectivity index (χ3n) is 2.87. The second-order valence-electron chi connectivity index (χ2n) is 4.57. The topological polar surface area (TPSA) is 95.2 Å². The zero-order valence-corrected chi connectivity index (χ0v) is 13.3. The van der Waals surface area contributed by atoms with Crippen LogP contribution in [0.4, 0.5) is 0 Å². The van der Waals surface area contributed by atoms with Crippen LogP contribution in [0.1, 0.15) is 11.1 Å². The van der Waals surface area contributed by atoms with E-state index >= 15 is 0 Å². The van der Waals surface area contributed by atoms with Gasteiger partial charge >= 0.3 is 0 Å². The number of hydrogen-bond acceptors (Lipinski definition) is 4. The predicted molar refractivity (Wildman–Crippen MR) is 92.2 cm³/mol. The van der Waals surface area contributed by atoms with E-state index in [1.807, 2.05) is 36.4 Å². The van der Waals surface area contributed by atoms with Crippen molar-refractivity contribution < 1.29 is 9.47 Å². The van der Waals surface area contributed by atoms with E-state index < -0.39 is 0 Å². The highest BCUT2D eigenvalue weighted by molar-refractivity contribution is 6.30. The molecule has 6 nitrogen and oxygen atoms in total. The van der Waals surface area contributed by atoms with Gasteiger partial charge in [-0.2, -0.15) is 5.10 Å². The van der Waals surface area contributed by atoms with Crippen molar-refractivity contribution in [2.24, 2.45) is 21.7 Å². The van der Waals surface area contributed by atoms with Crippen molar-refractivity contribution in [1.29, 1.82) is 0 Å². The molecule has 120 valence electrons. The zero-order valence-electron chi connectivity index (χ0n) is 12.6. The van der Waals surface area contributed by atoms with Crippen molar-refractivity contribution in [1.82, 2.24) is 0 Å². The van der Waals surface area contributed by atoms with Gasteiger partial charge in [-0.05, 0) is 29.8 Å². The van der Waals surface area contributed by atoms with Crippen molar-refractivity contribution in [3.63, 3.8) is 0 Å². The first-order valence-corrected chi connectivity index (χ1v) is 7.14. The van der Waals surface area contributed by atoms with Gasteiger partial charge in [-0.3, -0.25) is 0 Å². The molecule has 0 bridgehead atoms. The van der Waals surface area contributed by atoms with E-state index in [0.717, 1.165) is 5.56 Å². The van der Waals surface area contributed by atoms with Gasteiger partial charge in [-0.25, -0.2) is 0 Å². The molecule has 0 aliphatic rings. The molecule has 2 rings (SSSR count). The van der Waals surface area contributed by atoms with Crippen molar-refractivity contribution >= 4 is 23.8 Å². The first-order valence-electron chi connectivity index (χ1n) is 6.76. The molecule has 0 saturated carbocycles. The molecule has 0 amide bonds. The Labute approximate surface area is 139 Å². The normalized spacial score (nSPS) is 10.5. The Morgan fingerprint density at radius 3 is 2.70 bits per heavy atom. The Kier molecular flexibility index (Phi) is 5.82. The maximum atomic E-state index is 5.97. The van der Waals surface area contributed by atoms with Crippen LogP contribution in [0.5, 0.6) is 11.5 Å². The fourth-order valence-corrected chi connectivity index (χ4v) is 2.10. The summed E-state index contributed by atoms with van der Waals surface area (Å²) in [5, 5.41) is 8.03. The average Bonchev–Trinajstić information content (AvgIpc) is 2.53. The Bertz CT molecular complexity index is 728. The summed E-state index contributed by atoms with van der Waals surface area (Å²) in [6, 6.07) is 12.9. The van der Waals surface area contributed by atoms with E-state index in [4.69, 9.17) is 32.5 Å².